The SMILES string of the molecule is CCN(c1ccc2c(c1)OCO2)C1CN(C(=O)OC(C)(C)C)C1. The molecule has 0 unspecified atom stereocenters. The van der Waals surface area contributed by atoms with E-state index in [2.05, 4.69) is 11.8 Å². The van der Waals surface area contributed by atoms with Crippen LogP contribution in [0.2, 0.25) is 0 Å². The number of anilines is 1. The number of benzene rings is 1. The highest BCUT2D eigenvalue weighted by Crippen LogP contribution is 2.36. The van der Waals surface area contributed by atoms with E-state index in [1.807, 2.05) is 39.0 Å². The summed E-state index contributed by atoms with van der Waals surface area (Å²) < 4.78 is 16.2. The predicted octanol–water partition coefficient (Wildman–Crippen LogP) is 2.86. The van der Waals surface area contributed by atoms with Gasteiger partial charge in [0.2, 0.25) is 6.79 Å². The molecule has 3 rings (SSSR count). The smallest absolute Gasteiger partial charge is 0.410 e. The summed E-state index contributed by atoms with van der Waals surface area (Å²) in [5.41, 5.74) is 0.634. The number of ether oxygens (including phenoxy) is 3. The van der Waals surface area contributed by atoms with Gasteiger partial charge in [0, 0.05) is 31.4 Å². The molecule has 126 valence electrons. The summed E-state index contributed by atoms with van der Waals surface area (Å²) >= 11 is 0. The molecule has 2 aliphatic heterocycles. The Morgan fingerprint density at radius 1 is 1.30 bits per heavy atom. The largest absolute Gasteiger partial charge is 0.454 e. The van der Waals surface area contributed by atoms with Gasteiger partial charge >= 0.3 is 6.09 Å². The van der Waals surface area contributed by atoms with E-state index in [4.69, 9.17) is 14.2 Å². The third kappa shape index (κ3) is 3.30. The van der Waals surface area contributed by atoms with Crippen LogP contribution in [0.4, 0.5) is 10.5 Å². The molecule has 0 saturated carbocycles. The molecule has 2 heterocycles. The molecule has 0 aromatic heterocycles. The van der Waals surface area contributed by atoms with E-state index >= 15 is 0 Å². The fourth-order valence-corrected chi connectivity index (χ4v) is 2.84. The molecule has 0 aliphatic carbocycles. The van der Waals surface area contributed by atoms with E-state index < -0.39 is 5.60 Å². The van der Waals surface area contributed by atoms with E-state index in [0.29, 0.717) is 19.1 Å². The predicted molar refractivity (Wildman–Crippen MR) is 87.2 cm³/mol. The number of hydrogen-bond donors (Lipinski definition) is 0. The Bertz CT molecular complexity index is 591. The summed E-state index contributed by atoms with van der Waals surface area (Å²) in [6, 6.07) is 6.27. The lowest BCUT2D eigenvalue weighted by Crippen LogP contribution is -2.62. The van der Waals surface area contributed by atoms with Gasteiger partial charge in [-0.1, -0.05) is 0 Å². The van der Waals surface area contributed by atoms with Gasteiger partial charge < -0.3 is 24.0 Å². The monoisotopic (exact) mass is 320 g/mol. The molecule has 1 aromatic rings. The molecular weight excluding hydrogens is 296 g/mol. The van der Waals surface area contributed by atoms with Gasteiger partial charge in [0.05, 0.1) is 6.04 Å². The fourth-order valence-electron chi connectivity index (χ4n) is 2.84. The Labute approximate surface area is 136 Å². The number of carbonyl (C=O) groups excluding carboxylic acids is 1. The second-order valence-electron chi connectivity index (χ2n) is 6.86. The number of nitrogens with zero attached hydrogens (tertiary/aromatic N) is 2. The van der Waals surface area contributed by atoms with Crippen LogP contribution in [-0.4, -0.2) is 49.1 Å². The molecule has 23 heavy (non-hydrogen) atoms. The number of amides is 1. The van der Waals surface area contributed by atoms with E-state index in [1.165, 1.54) is 0 Å². The van der Waals surface area contributed by atoms with Crippen LogP contribution >= 0.6 is 0 Å². The van der Waals surface area contributed by atoms with Gasteiger partial charge in [-0.05, 0) is 39.8 Å². The van der Waals surface area contributed by atoms with Crippen molar-refractivity contribution in [3.8, 4) is 11.5 Å². The minimum Gasteiger partial charge on any atom is -0.454 e. The van der Waals surface area contributed by atoms with Crippen molar-refractivity contribution in [2.45, 2.75) is 39.3 Å². The molecule has 2 aliphatic rings. The average Bonchev–Trinajstić information content (AvgIpc) is 2.87. The van der Waals surface area contributed by atoms with Crippen LogP contribution in [-0.2, 0) is 4.74 Å². The highest BCUT2D eigenvalue weighted by Gasteiger charge is 2.37. The number of rotatable bonds is 3. The summed E-state index contributed by atoms with van der Waals surface area (Å²) in [6.07, 6.45) is -0.240. The molecule has 1 amide bonds. The van der Waals surface area contributed by atoms with E-state index in [9.17, 15) is 4.79 Å². The highest BCUT2D eigenvalue weighted by molar-refractivity contribution is 5.70. The lowest BCUT2D eigenvalue weighted by molar-refractivity contribution is 0.00818. The molecule has 0 spiro atoms. The van der Waals surface area contributed by atoms with Crippen molar-refractivity contribution in [2.75, 3.05) is 31.3 Å². The minimum absolute atomic E-state index is 0.240. The summed E-state index contributed by atoms with van der Waals surface area (Å²) in [7, 11) is 0. The van der Waals surface area contributed by atoms with Crippen LogP contribution < -0.4 is 14.4 Å². The molecule has 6 nitrogen and oxygen atoms in total. The Kier molecular flexibility index (Phi) is 4.00. The molecule has 1 saturated heterocycles. The van der Waals surface area contributed by atoms with Crippen LogP contribution in [0.15, 0.2) is 18.2 Å². The first-order valence-corrected chi connectivity index (χ1v) is 8.01. The second kappa shape index (κ2) is 5.83. The van der Waals surface area contributed by atoms with Gasteiger partial charge in [-0.3, -0.25) is 0 Å². The van der Waals surface area contributed by atoms with Gasteiger partial charge in [0.1, 0.15) is 5.60 Å². The summed E-state index contributed by atoms with van der Waals surface area (Å²) in [6.45, 7) is 10.3. The normalized spacial score (nSPS) is 17.0. The van der Waals surface area contributed by atoms with Crippen LogP contribution in [0, 0.1) is 0 Å². The van der Waals surface area contributed by atoms with Crippen molar-refractivity contribution >= 4 is 11.8 Å². The Morgan fingerprint density at radius 2 is 2.00 bits per heavy atom. The molecular formula is C17H24N2O4. The van der Waals surface area contributed by atoms with Gasteiger partial charge in [-0.15, -0.1) is 0 Å². The van der Waals surface area contributed by atoms with Crippen molar-refractivity contribution < 1.29 is 19.0 Å². The third-order valence-electron chi connectivity index (χ3n) is 3.98. The molecule has 0 atom stereocenters. The maximum Gasteiger partial charge on any atom is 0.410 e. The van der Waals surface area contributed by atoms with Crippen LogP contribution in [0.5, 0.6) is 11.5 Å². The molecule has 1 aromatic carbocycles. The molecule has 0 radical (unpaired) electrons. The van der Waals surface area contributed by atoms with Gasteiger partial charge in [0.15, 0.2) is 11.5 Å². The number of likely N-dealkylation sites (tertiary alicyclic amines) is 1. The zero-order valence-corrected chi connectivity index (χ0v) is 14.2. The number of likely N-dealkylation sites (N-methyl/N-ethyl adjacent to an activating group) is 1. The van der Waals surface area contributed by atoms with Crippen molar-refractivity contribution in [1.29, 1.82) is 0 Å². The number of fused-ring (bicyclic) bond motifs is 1. The molecule has 1 fully saturated rings. The first-order valence-electron chi connectivity index (χ1n) is 8.01. The summed E-state index contributed by atoms with van der Waals surface area (Å²) in [5.74, 6) is 1.57. The highest BCUT2D eigenvalue weighted by atomic mass is 16.7. The standard InChI is InChI=1S/C17H24N2O4/c1-5-19(12-6-7-14-15(8-12)22-11-21-14)13-9-18(10-13)16(20)23-17(2,3)4/h6-8,13H,5,9-11H2,1-4H3. The quantitative estimate of drug-likeness (QED) is 0.857. The number of hydrogen-bond acceptors (Lipinski definition) is 5. The maximum atomic E-state index is 12.0. The van der Waals surface area contributed by atoms with Gasteiger partial charge in [0.25, 0.3) is 0 Å². The average molecular weight is 320 g/mol. The number of carbonyl (C=O) groups is 1. The Hall–Kier alpha value is -2.11. The van der Waals surface area contributed by atoms with Crippen molar-refractivity contribution in [1.82, 2.24) is 4.90 Å². The van der Waals surface area contributed by atoms with Gasteiger partial charge in [-0.25, -0.2) is 4.79 Å². The summed E-state index contributed by atoms with van der Waals surface area (Å²) in [4.78, 5) is 16.1. The first kappa shape index (κ1) is 15.8. The van der Waals surface area contributed by atoms with E-state index in [-0.39, 0.29) is 12.9 Å². The minimum atomic E-state index is -0.454. The van der Waals surface area contributed by atoms with Crippen molar-refractivity contribution in [3.05, 3.63) is 18.2 Å². The summed E-state index contributed by atoms with van der Waals surface area (Å²) in [5, 5.41) is 0. The third-order valence-corrected chi connectivity index (χ3v) is 3.98. The first-order chi connectivity index (χ1) is 10.9. The molecule has 0 bridgehead atoms. The molecule has 6 heteroatoms. The topological polar surface area (TPSA) is 51.2 Å². The van der Waals surface area contributed by atoms with E-state index in [1.54, 1.807) is 4.90 Å². The Morgan fingerprint density at radius 3 is 2.65 bits per heavy atom. The lowest BCUT2D eigenvalue weighted by atomic mass is 10.1. The zero-order valence-electron chi connectivity index (χ0n) is 14.2. The van der Waals surface area contributed by atoms with Crippen LogP contribution in [0.3, 0.4) is 0 Å². The van der Waals surface area contributed by atoms with Crippen LogP contribution in [0.25, 0.3) is 0 Å². The van der Waals surface area contributed by atoms with Crippen LogP contribution in [0.1, 0.15) is 27.7 Å². The fraction of sp³-hybridized carbons (Fsp3) is 0.588. The maximum absolute atomic E-state index is 12.0. The van der Waals surface area contributed by atoms with Crippen molar-refractivity contribution in [2.24, 2.45) is 0 Å². The molecule has 0 N–H and O–H groups in total. The second-order valence-corrected chi connectivity index (χ2v) is 6.86. The lowest BCUT2D eigenvalue weighted by Gasteiger charge is -2.46. The Balaban J connectivity index is 1.62. The zero-order chi connectivity index (χ0) is 16.6. The van der Waals surface area contributed by atoms with Gasteiger partial charge in [-0.2, -0.15) is 0 Å². The van der Waals surface area contributed by atoms with E-state index in [0.717, 1.165) is 23.7 Å². The van der Waals surface area contributed by atoms with Crippen molar-refractivity contribution in [3.63, 3.8) is 0 Å².